The molecule has 7 aromatic rings. The summed E-state index contributed by atoms with van der Waals surface area (Å²) in [5.74, 6) is 0.312. The van der Waals surface area contributed by atoms with Gasteiger partial charge in [-0.2, -0.15) is 0 Å². The van der Waals surface area contributed by atoms with Gasteiger partial charge in [0.15, 0.2) is 0 Å². The maximum atomic E-state index is 2.72. The van der Waals surface area contributed by atoms with E-state index < -0.39 is 0 Å². The minimum Gasteiger partial charge on any atom is -0.311 e. The number of unbranched alkanes of at least 4 members (excludes halogenated alkanes) is 12. The van der Waals surface area contributed by atoms with E-state index in [-0.39, 0.29) is 16.2 Å². The molecule has 0 radical (unpaired) electrons. The van der Waals surface area contributed by atoms with Gasteiger partial charge in [0.05, 0.1) is 0 Å². The maximum Gasteiger partial charge on any atom is 0.0463 e. The van der Waals surface area contributed by atoms with Crippen LogP contribution in [0, 0.1) is 0 Å². The number of rotatable bonds is 32. The second kappa shape index (κ2) is 29.6. The smallest absolute Gasteiger partial charge is 0.0463 e. The fourth-order valence-electron chi connectivity index (χ4n) is 13.3. The van der Waals surface area contributed by atoms with Gasteiger partial charge in [0.25, 0.3) is 0 Å². The van der Waals surface area contributed by atoms with E-state index in [0.29, 0.717) is 5.92 Å². The normalized spacial score (nSPS) is 14.4. The first-order chi connectivity index (χ1) is 39.8. The summed E-state index contributed by atoms with van der Waals surface area (Å²) in [5, 5.41) is 0. The quantitative estimate of drug-likeness (QED) is 0.0388. The lowest BCUT2D eigenvalue weighted by atomic mass is 9.61. The van der Waals surface area contributed by atoms with Crippen molar-refractivity contribution in [2.24, 2.45) is 0 Å². The number of benzene rings is 7. The first-order valence-electron chi connectivity index (χ1n) is 33.2. The van der Waals surface area contributed by atoms with Crippen molar-refractivity contribution < 1.29 is 0 Å². The van der Waals surface area contributed by atoms with E-state index in [9.17, 15) is 0 Å². The summed E-state index contributed by atoms with van der Waals surface area (Å²) < 4.78 is 0. The Kier molecular flexibility index (Phi) is 22.4. The van der Waals surface area contributed by atoms with Gasteiger partial charge in [0, 0.05) is 39.5 Å². The van der Waals surface area contributed by atoms with Crippen molar-refractivity contribution in [1.29, 1.82) is 0 Å². The zero-order chi connectivity index (χ0) is 58.1. The average Bonchev–Trinajstić information content (AvgIpc) is 2.92. The highest BCUT2D eigenvalue weighted by molar-refractivity contribution is 5.84. The third kappa shape index (κ3) is 14.9. The van der Waals surface area contributed by atoms with Crippen molar-refractivity contribution >= 4 is 34.1 Å². The monoisotopic (exact) mass is 1090 g/mol. The van der Waals surface area contributed by atoms with Crippen molar-refractivity contribution in [3.63, 3.8) is 0 Å². The fraction of sp³-hybridized carbons (Fsp3) is 0.475. The third-order valence-electron chi connectivity index (χ3n) is 18.9. The van der Waals surface area contributed by atoms with E-state index in [4.69, 9.17) is 0 Å². The first-order valence-corrected chi connectivity index (χ1v) is 33.2. The SMILES string of the molecule is CCCCCCCCC1(C(CCCCCCC)c2ccc(N(c3ccc(CCCC)cc3)c3ccc(N(c4ccc(CCCC)cc4)c4ccc(CCCC)cc4)cc3)cc2)c2cc(C(C)(C)C)ccc2-c2ccc(C(C)(C)CC)cc21. The molecule has 7 aromatic carbocycles. The third-order valence-corrected chi connectivity index (χ3v) is 18.9. The van der Waals surface area contributed by atoms with Crippen molar-refractivity contribution in [2.75, 3.05) is 9.80 Å². The molecule has 0 spiro atoms. The van der Waals surface area contributed by atoms with Crippen molar-refractivity contribution in [1.82, 2.24) is 0 Å². The molecule has 0 heterocycles. The number of aryl methyl sites for hydroxylation is 3. The second-order valence-corrected chi connectivity index (χ2v) is 26.3. The van der Waals surface area contributed by atoms with Gasteiger partial charge in [-0.3, -0.25) is 0 Å². The van der Waals surface area contributed by atoms with Crippen molar-refractivity contribution in [3.05, 3.63) is 202 Å². The van der Waals surface area contributed by atoms with Crippen LogP contribution in [0.25, 0.3) is 11.1 Å². The van der Waals surface area contributed by atoms with Gasteiger partial charge in [-0.25, -0.2) is 0 Å². The Morgan fingerprint density at radius 1 is 0.354 bits per heavy atom. The molecule has 2 unspecified atom stereocenters. The predicted octanol–water partition coefficient (Wildman–Crippen LogP) is 24.8. The molecule has 82 heavy (non-hydrogen) atoms. The van der Waals surface area contributed by atoms with E-state index >= 15 is 0 Å². The summed E-state index contributed by atoms with van der Waals surface area (Å²) in [7, 11) is 0. The van der Waals surface area contributed by atoms with Crippen LogP contribution >= 0.6 is 0 Å². The molecule has 0 aliphatic heterocycles. The van der Waals surface area contributed by atoms with Gasteiger partial charge in [0.1, 0.15) is 0 Å². The summed E-state index contributed by atoms with van der Waals surface area (Å²) in [6.07, 6.45) is 28.2. The van der Waals surface area contributed by atoms with E-state index in [1.165, 1.54) is 183 Å². The zero-order valence-electron chi connectivity index (χ0n) is 53.2. The Hall–Kier alpha value is -5.86. The van der Waals surface area contributed by atoms with E-state index in [1.54, 1.807) is 11.1 Å². The molecular weight excluding hydrogens is 989 g/mol. The lowest BCUT2D eigenvalue weighted by Gasteiger charge is -2.42. The highest BCUT2D eigenvalue weighted by Gasteiger charge is 2.49. The van der Waals surface area contributed by atoms with Gasteiger partial charge in [-0.15, -0.1) is 0 Å². The number of anilines is 6. The summed E-state index contributed by atoms with van der Waals surface area (Å²) >= 11 is 0. The fourth-order valence-corrected chi connectivity index (χ4v) is 13.3. The first kappa shape index (κ1) is 62.2. The van der Waals surface area contributed by atoms with Gasteiger partial charge in [0.2, 0.25) is 0 Å². The second-order valence-electron chi connectivity index (χ2n) is 26.3. The minimum atomic E-state index is -0.163. The van der Waals surface area contributed by atoms with Crippen LogP contribution in [0.15, 0.2) is 158 Å². The standard InChI is InChI=1S/C80H106N2/c1-12-18-23-25-27-29-58-80(76-59-65(78(7,8)9)42-56-73(76)74-57-43-66(60-77(74)80)79(10,11)17-6)75(33-28-26-24-19-13-2)64-40-50-70(51-41-64)82(69-48-38-63(39-49-69)32-22-16-5)72-54-52-71(53-55-72)81(67-44-34-61(35-45-67)30-20-14-3)68-46-36-62(37-47-68)31-21-15-4/h34-57,59-60,75H,12-33,58H2,1-11H3. The predicted molar refractivity (Wildman–Crippen MR) is 360 cm³/mol. The van der Waals surface area contributed by atoms with Crippen LogP contribution in [0.2, 0.25) is 0 Å². The molecule has 0 N–H and O–H groups in total. The summed E-state index contributed by atoms with van der Waals surface area (Å²) in [4.78, 5) is 4.95. The Morgan fingerprint density at radius 3 is 1.09 bits per heavy atom. The highest BCUT2D eigenvalue weighted by Crippen LogP contribution is 2.61. The van der Waals surface area contributed by atoms with Crippen LogP contribution in [0.3, 0.4) is 0 Å². The minimum absolute atomic E-state index is 0.0372. The summed E-state index contributed by atoms with van der Waals surface area (Å²) in [6, 6.07) is 63.0. The van der Waals surface area contributed by atoms with E-state index in [0.717, 1.165) is 43.5 Å². The zero-order valence-corrected chi connectivity index (χ0v) is 53.2. The number of nitrogens with zero attached hydrogens (tertiary/aromatic N) is 2. The van der Waals surface area contributed by atoms with Gasteiger partial charge in [-0.05, 0) is 203 Å². The molecule has 0 saturated carbocycles. The maximum absolute atomic E-state index is 2.72. The van der Waals surface area contributed by atoms with Gasteiger partial charge >= 0.3 is 0 Å². The van der Waals surface area contributed by atoms with E-state index in [2.05, 4.69) is 244 Å². The molecule has 0 aromatic heterocycles. The number of hydrogen-bond acceptors (Lipinski definition) is 2. The molecule has 1 aliphatic carbocycles. The number of fused-ring (bicyclic) bond motifs is 3. The average molecular weight is 1100 g/mol. The molecule has 2 atom stereocenters. The molecule has 8 rings (SSSR count). The van der Waals surface area contributed by atoms with Crippen LogP contribution in [-0.2, 0) is 35.5 Å². The molecule has 0 saturated heterocycles. The van der Waals surface area contributed by atoms with Crippen LogP contribution in [-0.4, -0.2) is 0 Å². The Bertz CT molecular complexity index is 2950. The van der Waals surface area contributed by atoms with Crippen molar-refractivity contribution in [3.8, 4) is 11.1 Å². The molecule has 0 fully saturated rings. The highest BCUT2D eigenvalue weighted by atomic mass is 15.2. The van der Waals surface area contributed by atoms with Crippen LogP contribution < -0.4 is 9.80 Å². The molecule has 1 aliphatic rings. The Morgan fingerprint density at radius 2 is 0.695 bits per heavy atom. The largest absolute Gasteiger partial charge is 0.311 e. The Labute approximate surface area is 500 Å². The molecule has 0 bridgehead atoms. The molecule has 2 nitrogen and oxygen atoms in total. The van der Waals surface area contributed by atoms with Crippen LogP contribution in [0.5, 0.6) is 0 Å². The van der Waals surface area contributed by atoms with Gasteiger partial charge in [-0.1, -0.05) is 251 Å². The lowest BCUT2D eigenvalue weighted by Crippen LogP contribution is -2.34. The number of hydrogen-bond donors (Lipinski definition) is 0. The van der Waals surface area contributed by atoms with Crippen molar-refractivity contribution in [2.45, 2.75) is 246 Å². The summed E-state index contributed by atoms with van der Waals surface area (Å²) in [5.41, 5.74) is 21.7. The topological polar surface area (TPSA) is 6.48 Å². The molecule has 0 amide bonds. The molecule has 2 heteroatoms. The lowest BCUT2D eigenvalue weighted by molar-refractivity contribution is 0.344. The Balaban J connectivity index is 1.26. The van der Waals surface area contributed by atoms with Crippen LogP contribution in [0.4, 0.5) is 34.1 Å². The van der Waals surface area contributed by atoms with Crippen LogP contribution in [0.1, 0.15) is 255 Å². The molecule has 436 valence electrons. The van der Waals surface area contributed by atoms with E-state index in [1.807, 2.05) is 0 Å². The summed E-state index contributed by atoms with van der Waals surface area (Å²) in [6.45, 7) is 26.1. The molecular formula is C80H106N2. The van der Waals surface area contributed by atoms with Gasteiger partial charge < -0.3 is 9.80 Å².